The zero-order chi connectivity index (χ0) is 21.8. The quantitative estimate of drug-likeness (QED) is 0.423. The summed E-state index contributed by atoms with van der Waals surface area (Å²) in [6, 6.07) is 16.4. The van der Waals surface area contributed by atoms with Crippen LogP contribution in [0.4, 0.5) is 5.82 Å². The van der Waals surface area contributed by atoms with Gasteiger partial charge >= 0.3 is 0 Å². The third kappa shape index (κ3) is 5.25. The summed E-state index contributed by atoms with van der Waals surface area (Å²) < 4.78 is 8.90. The molecule has 0 radical (unpaired) electrons. The van der Waals surface area contributed by atoms with Crippen molar-refractivity contribution >= 4 is 34.9 Å². The van der Waals surface area contributed by atoms with Crippen molar-refractivity contribution in [3.05, 3.63) is 93.9 Å². The van der Waals surface area contributed by atoms with Crippen molar-refractivity contribution in [1.82, 2.24) is 19.6 Å². The first-order valence-corrected chi connectivity index (χ1v) is 10.2. The zero-order valence-corrected chi connectivity index (χ0v) is 18.1. The number of aryl methyl sites for hydroxylation is 1. The van der Waals surface area contributed by atoms with Gasteiger partial charge in [-0.2, -0.15) is 10.2 Å². The van der Waals surface area contributed by atoms with E-state index >= 15 is 0 Å². The molecule has 9 heteroatoms. The number of hydrogen-bond donors (Lipinski definition) is 1. The molecule has 2 aromatic carbocycles. The molecule has 2 aromatic heterocycles. The maximum absolute atomic E-state index is 12.5. The molecule has 1 N–H and O–H groups in total. The van der Waals surface area contributed by atoms with Gasteiger partial charge in [0.05, 0.1) is 11.6 Å². The lowest BCUT2D eigenvalue weighted by Gasteiger charge is -2.08. The maximum Gasteiger partial charge on any atom is 0.277 e. The third-order valence-electron chi connectivity index (χ3n) is 4.60. The third-order valence-corrected chi connectivity index (χ3v) is 5.13. The van der Waals surface area contributed by atoms with Gasteiger partial charge in [0.25, 0.3) is 5.91 Å². The smallest absolute Gasteiger partial charge is 0.277 e. The molecule has 4 rings (SSSR count). The van der Waals surface area contributed by atoms with Crippen LogP contribution in [0.5, 0.6) is 5.75 Å². The van der Waals surface area contributed by atoms with Crippen LogP contribution in [0.3, 0.4) is 0 Å². The monoisotopic (exact) mass is 455 g/mol. The second kappa shape index (κ2) is 9.24. The number of aromatic nitrogens is 4. The Morgan fingerprint density at radius 3 is 2.65 bits per heavy atom. The second-order valence-electron chi connectivity index (χ2n) is 6.87. The van der Waals surface area contributed by atoms with Gasteiger partial charge in [-0.05, 0) is 42.3 Å². The molecule has 0 fully saturated rings. The van der Waals surface area contributed by atoms with E-state index in [0.29, 0.717) is 28.2 Å². The highest BCUT2D eigenvalue weighted by atomic mass is 35.5. The molecule has 0 unspecified atom stereocenters. The Morgan fingerprint density at radius 1 is 1.03 bits per heavy atom. The van der Waals surface area contributed by atoms with Crippen molar-refractivity contribution in [2.75, 3.05) is 5.32 Å². The predicted octanol–water partition coefficient (Wildman–Crippen LogP) is 5.03. The highest BCUT2D eigenvalue weighted by Crippen LogP contribution is 2.27. The molecule has 0 aliphatic rings. The fraction of sp³-hybridized carbons (Fsp3) is 0.136. The SMILES string of the molecule is Cc1ccccc1Cn1ccc(NC(=O)c2ccn(COc3ccc(Cl)cc3Cl)n2)n1. The standard InChI is InChI=1S/C22H19Cl2N5O2/c1-15-4-2-3-5-16(15)13-28-11-9-21(27-28)25-22(30)19-8-10-29(26-19)14-31-20-7-6-17(23)12-18(20)24/h2-12H,13-14H2,1H3,(H,25,27,30). The van der Waals surface area contributed by atoms with Crippen LogP contribution in [-0.2, 0) is 13.3 Å². The fourth-order valence-electron chi connectivity index (χ4n) is 2.94. The summed E-state index contributed by atoms with van der Waals surface area (Å²) in [5.74, 6) is 0.577. The fourth-order valence-corrected chi connectivity index (χ4v) is 3.40. The number of ether oxygens (including phenoxy) is 1. The molecule has 31 heavy (non-hydrogen) atoms. The molecule has 7 nitrogen and oxygen atoms in total. The van der Waals surface area contributed by atoms with Crippen LogP contribution in [0.25, 0.3) is 0 Å². The lowest BCUT2D eigenvalue weighted by Crippen LogP contribution is -2.15. The van der Waals surface area contributed by atoms with Gasteiger partial charge in [0.1, 0.15) is 5.75 Å². The van der Waals surface area contributed by atoms with E-state index in [2.05, 4.69) is 34.6 Å². The number of benzene rings is 2. The number of amides is 1. The first-order valence-electron chi connectivity index (χ1n) is 9.48. The number of halogens is 2. The Hall–Kier alpha value is -3.29. The number of hydrogen-bond acceptors (Lipinski definition) is 4. The molecule has 0 saturated carbocycles. The first kappa shape index (κ1) is 21.0. The summed E-state index contributed by atoms with van der Waals surface area (Å²) in [7, 11) is 0. The molecule has 0 bridgehead atoms. The summed E-state index contributed by atoms with van der Waals surface area (Å²) in [4.78, 5) is 12.5. The van der Waals surface area contributed by atoms with Crippen molar-refractivity contribution in [1.29, 1.82) is 0 Å². The van der Waals surface area contributed by atoms with E-state index in [1.165, 1.54) is 15.8 Å². The summed E-state index contributed by atoms with van der Waals surface area (Å²) in [5, 5.41) is 12.3. The number of anilines is 1. The molecule has 4 aromatic rings. The van der Waals surface area contributed by atoms with Gasteiger partial charge in [-0.3, -0.25) is 9.48 Å². The van der Waals surface area contributed by atoms with Crippen LogP contribution in [0.1, 0.15) is 21.6 Å². The summed E-state index contributed by atoms with van der Waals surface area (Å²) in [5.41, 5.74) is 2.61. The largest absolute Gasteiger partial charge is 0.470 e. The number of nitrogens with one attached hydrogen (secondary N) is 1. The van der Waals surface area contributed by atoms with Gasteiger partial charge < -0.3 is 10.1 Å². The molecule has 0 atom stereocenters. The molecule has 0 aliphatic carbocycles. The van der Waals surface area contributed by atoms with E-state index in [0.717, 1.165) is 0 Å². The van der Waals surface area contributed by atoms with Crippen molar-refractivity contribution in [3.63, 3.8) is 0 Å². The van der Waals surface area contributed by atoms with Crippen LogP contribution in [-0.4, -0.2) is 25.5 Å². The summed E-state index contributed by atoms with van der Waals surface area (Å²) >= 11 is 12.0. The van der Waals surface area contributed by atoms with Crippen LogP contribution in [0.15, 0.2) is 67.0 Å². The zero-order valence-electron chi connectivity index (χ0n) is 16.6. The normalized spacial score (nSPS) is 10.8. The van der Waals surface area contributed by atoms with Crippen LogP contribution in [0.2, 0.25) is 10.0 Å². The molecule has 0 spiro atoms. The van der Waals surface area contributed by atoms with Crippen LogP contribution < -0.4 is 10.1 Å². The van der Waals surface area contributed by atoms with E-state index in [-0.39, 0.29) is 18.3 Å². The van der Waals surface area contributed by atoms with Crippen molar-refractivity contribution in [3.8, 4) is 5.75 Å². The van der Waals surface area contributed by atoms with E-state index in [1.54, 1.807) is 41.2 Å². The predicted molar refractivity (Wildman–Crippen MR) is 120 cm³/mol. The van der Waals surface area contributed by atoms with E-state index in [9.17, 15) is 4.79 Å². The minimum Gasteiger partial charge on any atom is -0.470 e. The molecule has 2 heterocycles. The van der Waals surface area contributed by atoms with Gasteiger partial charge in [0.2, 0.25) is 0 Å². The Labute approximate surface area is 189 Å². The minimum absolute atomic E-state index is 0.0969. The number of rotatable bonds is 7. The molecular formula is C22H19Cl2N5O2. The summed E-state index contributed by atoms with van der Waals surface area (Å²) in [6.45, 7) is 2.78. The number of nitrogens with zero attached hydrogens (tertiary/aromatic N) is 4. The van der Waals surface area contributed by atoms with Crippen molar-refractivity contribution in [2.24, 2.45) is 0 Å². The summed E-state index contributed by atoms with van der Waals surface area (Å²) in [6.07, 6.45) is 3.47. The Balaban J connectivity index is 1.35. The number of carbonyl (C=O) groups is 1. The average molecular weight is 456 g/mol. The topological polar surface area (TPSA) is 74.0 Å². The van der Waals surface area contributed by atoms with Gasteiger partial charge in [0.15, 0.2) is 18.2 Å². The molecular weight excluding hydrogens is 437 g/mol. The molecule has 0 aliphatic heterocycles. The Morgan fingerprint density at radius 2 is 1.84 bits per heavy atom. The first-order chi connectivity index (χ1) is 15.0. The second-order valence-corrected chi connectivity index (χ2v) is 7.71. The van der Waals surface area contributed by atoms with E-state index < -0.39 is 0 Å². The van der Waals surface area contributed by atoms with E-state index in [1.807, 2.05) is 18.3 Å². The van der Waals surface area contributed by atoms with Gasteiger partial charge in [-0.25, -0.2) is 4.68 Å². The maximum atomic E-state index is 12.5. The van der Waals surface area contributed by atoms with Crippen LogP contribution in [0, 0.1) is 6.92 Å². The highest BCUT2D eigenvalue weighted by molar-refractivity contribution is 6.35. The lowest BCUT2D eigenvalue weighted by molar-refractivity contribution is 0.101. The van der Waals surface area contributed by atoms with Crippen molar-refractivity contribution in [2.45, 2.75) is 20.2 Å². The number of carbonyl (C=O) groups excluding carboxylic acids is 1. The van der Waals surface area contributed by atoms with Crippen LogP contribution >= 0.6 is 23.2 Å². The Kier molecular flexibility index (Phi) is 6.25. The van der Waals surface area contributed by atoms with Gasteiger partial charge in [-0.15, -0.1) is 0 Å². The highest BCUT2D eigenvalue weighted by Gasteiger charge is 2.12. The molecule has 158 valence electrons. The average Bonchev–Trinajstić information content (AvgIpc) is 3.39. The lowest BCUT2D eigenvalue weighted by atomic mass is 10.1. The van der Waals surface area contributed by atoms with Crippen molar-refractivity contribution < 1.29 is 9.53 Å². The van der Waals surface area contributed by atoms with E-state index in [4.69, 9.17) is 27.9 Å². The Bertz CT molecular complexity index is 1220. The minimum atomic E-state index is -0.357. The molecule has 0 saturated heterocycles. The molecule has 1 amide bonds. The van der Waals surface area contributed by atoms with Gasteiger partial charge in [0, 0.05) is 23.5 Å². The van der Waals surface area contributed by atoms with Gasteiger partial charge in [-0.1, -0.05) is 47.5 Å².